The van der Waals surface area contributed by atoms with E-state index in [0.717, 1.165) is 47.8 Å². The molecule has 320 valence electrons. The van der Waals surface area contributed by atoms with Crippen LogP contribution in [0.2, 0.25) is 0 Å². The highest BCUT2D eigenvalue weighted by molar-refractivity contribution is 7.89. The summed E-state index contributed by atoms with van der Waals surface area (Å²) in [5, 5.41) is 46.0. The topological polar surface area (TPSA) is 241 Å². The summed E-state index contributed by atoms with van der Waals surface area (Å²) >= 11 is 3.14. The minimum atomic E-state index is -3.38. The molecule has 0 bridgehead atoms. The molecule has 1 unspecified atom stereocenters. The van der Waals surface area contributed by atoms with Crippen molar-refractivity contribution in [2.24, 2.45) is 7.05 Å². The molecule has 63 heavy (non-hydrogen) atoms. The summed E-state index contributed by atoms with van der Waals surface area (Å²) in [5.41, 5.74) is 4.69. The number of hydrogen-bond acceptors (Lipinski definition) is 17. The molecule has 10 rings (SSSR count). The average molecular weight is 902 g/mol. The number of thiophene rings is 2. The third kappa shape index (κ3) is 7.36. The summed E-state index contributed by atoms with van der Waals surface area (Å²) in [7, 11) is -1.54. The summed E-state index contributed by atoms with van der Waals surface area (Å²) in [5.74, 6) is 0.804. The van der Waals surface area contributed by atoms with Crippen molar-refractivity contribution in [1.29, 1.82) is 10.5 Å². The number of nitrogens with zero attached hydrogens (tertiary/aromatic N) is 15. The Balaban J connectivity index is 0.891. The Hall–Kier alpha value is -6.63. The zero-order chi connectivity index (χ0) is 43.5. The molecule has 0 aromatic carbocycles. The summed E-state index contributed by atoms with van der Waals surface area (Å²) in [6.07, 6.45) is 15.6. The Bertz CT molecular complexity index is 3210. The van der Waals surface area contributed by atoms with Crippen molar-refractivity contribution < 1.29 is 13.2 Å². The molecule has 8 aromatic heterocycles. The Labute approximate surface area is 368 Å². The molecule has 2 N–H and O–H groups in total. The lowest BCUT2D eigenvalue weighted by Gasteiger charge is -2.47. The molecule has 0 saturated carbocycles. The van der Waals surface area contributed by atoms with Crippen molar-refractivity contribution in [2.75, 3.05) is 42.7 Å². The third-order valence-corrected chi connectivity index (χ3v) is 15.3. The maximum absolute atomic E-state index is 12.5. The number of nitrogens with one attached hydrogen (secondary N) is 2. The van der Waals surface area contributed by atoms with Gasteiger partial charge in [0.15, 0.2) is 0 Å². The average Bonchev–Trinajstić information content (AvgIpc) is 4.09. The van der Waals surface area contributed by atoms with E-state index in [1.54, 1.807) is 52.4 Å². The molecular formula is C40H39N17O3S3. The van der Waals surface area contributed by atoms with Gasteiger partial charge in [0.25, 0.3) is 0 Å². The number of nitriles is 2. The minimum absolute atomic E-state index is 0.000848. The van der Waals surface area contributed by atoms with E-state index in [2.05, 4.69) is 51.1 Å². The van der Waals surface area contributed by atoms with E-state index in [1.807, 2.05) is 52.6 Å². The largest absolute Gasteiger partial charge is 0.376 e. The van der Waals surface area contributed by atoms with Gasteiger partial charge in [-0.05, 0) is 31.4 Å². The quantitative estimate of drug-likeness (QED) is 0.128. The third-order valence-electron chi connectivity index (χ3n) is 11.4. The molecular weight excluding hydrogens is 863 g/mol. The van der Waals surface area contributed by atoms with Crippen molar-refractivity contribution >= 4 is 76.4 Å². The van der Waals surface area contributed by atoms with Gasteiger partial charge >= 0.3 is 0 Å². The highest BCUT2D eigenvalue weighted by Crippen LogP contribution is 2.39. The van der Waals surface area contributed by atoms with Crippen molar-refractivity contribution in [1.82, 2.24) is 63.4 Å². The van der Waals surface area contributed by atoms with E-state index in [1.165, 1.54) is 15.6 Å². The van der Waals surface area contributed by atoms with Gasteiger partial charge in [-0.15, -0.1) is 22.7 Å². The second-order valence-electron chi connectivity index (χ2n) is 15.9. The Kier molecular flexibility index (Phi) is 10.0. The molecule has 2 aliphatic rings. The van der Waals surface area contributed by atoms with Crippen LogP contribution in [0.1, 0.15) is 37.6 Å². The van der Waals surface area contributed by atoms with Crippen LogP contribution in [0, 0.1) is 22.7 Å². The van der Waals surface area contributed by atoms with E-state index in [4.69, 9.17) is 29.8 Å². The first-order valence-corrected chi connectivity index (χ1v) is 23.3. The number of rotatable bonds is 15. The van der Waals surface area contributed by atoms with Crippen molar-refractivity contribution in [2.45, 2.75) is 50.2 Å². The van der Waals surface area contributed by atoms with Gasteiger partial charge in [0, 0.05) is 67.3 Å². The van der Waals surface area contributed by atoms with Gasteiger partial charge < -0.3 is 15.4 Å². The first-order chi connectivity index (χ1) is 30.5. The van der Waals surface area contributed by atoms with Crippen LogP contribution in [0.25, 0.3) is 42.9 Å². The van der Waals surface area contributed by atoms with Crippen LogP contribution in [-0.4, -0.2) is 104 Å². The van der Waals surface area contributed by atoms with Crippen LogP contribution in [0.5, 0.6) is 0 Å². The molecule has 0 radical (unpaired) electrons. The van der Waals surface area contributed by atoms with Gasteiger partial charge in [0.2, 0.25) is 21.9 Å². The van der Waals surface area contributed by atoms with Crippen LogP contribution >= 0.6 is 22.7 Å². The standard InChI is InChI=1S/C40H39N17O3S3/c1-4-63(58,59)54-21-39(22-54,6-8-41)56-17-26(13-45-56)33-35-31(5-10-61-35)49-37(51-33)48-29-16-44-55(20-29)25(2)11-30-12-32-36(62-30)34(52-38(50-32)47-28-15-43-53(3)19-28)27-14-46-57(18-27)40(7-9-42)23-60-24-40/h5,10,12-20,25H,4,6-7,11,21-24H2,1-3H3,(H,47,50,52)(H,48,49,51). The second-order valence-corrected chi connectivity index (χ2v) is 20.2. The summed E-state index contributed by atoms with van der Waals surface area (Å²) in [6.45, 7) is 4.93. The van der Waals surface area contributed by atoms with Crippen molar-refractivity contribution in [3.63, 3.8) is 0 Å². The number of ether oxygens (including phenoxy) is 1. The lowest BCUT2D eigenvalue weighted by molar-refractivity contribution is -0.104. The predicted molar refractivity (Wildman–Crippen MR) is 236 cm³/mol. The normalized spacial score (nSPS) is 16.3. The van der Waals surface area contributed by atoms with E-state index in [9.17, 15) is 18.9 Å². The second kappa shape index (κ2) is 15.6. The monoisotopic (exact) mass is 901 g/mol. The van der Waals surface area contributed by atoms with Crippen LogP contribution in [0.3, 0.4) is 0 Å². The molecule has 10 heterocycles. The summed E-state index contributed by atoms with van der Waals surface area (Å²) in [4.78, 5) is 20.6. The summed E-state index contributed by atoms with van der Waals surface area (Å²) < 4.78 is 40.9. The maximum Gasteiger partial charge on any atom is 0.228 e. The van der Waals surface area contributed by atoms with Gasteiger partial charge in [-0.3, -0.25) is 18.7 Å². The molecule has 20 nitrogen and oxygen atoms in total. The van der Waals surface area contributed by atoms with E-state index >= 15 is 0 Å². The molecule has 0 spiro atoms. The van der Waals surface area contributed by atoms with Gasteiger partial charge in [0.05, 0.1) is 118 Å². The molecule has 0 aliphatic carbocycles. The minimum Gasteiger partial charge on any atom is -0.376 e. The SMILES string of the molecule is CCS(=O)(=O)N1CC(CC#N)(n2cc(-c3nc(Nc4cnn(C(C)Cc5cc6nc(Nc7cnn(C)c7)nc(-c7cnn(C8(CC#N)COC8)c7)c6s5)c4)nc4ccsc34)cn2)C1. The van der Waals surface area contributed by atoms with E-state index < -0.39 is 21.1 Å². The molecule has 2 saturated heterocycles. The van der Waals surface area contributed by atoms with Crippen LogP contribution < -0.4 is 10.6 Å². The number of sulfonamides is 1. The number of aromatic nitrogens is 12. The lowest BCUT2D eigenvalue weighted by Crippen LogP contribution is -2.64. The number of fused-ring (bicyclic) bond motifs is 2. The number of aryl methyl sites for hydroxylation is 1. The smallest absolute Gasteiger partial charge is 0.228 e. The number of anilines is 4. The highest BCUT2D eigenvalue weighted by Gasteiger charge is 2.50. The van der Waals surface area contributed by atoms with Gasteiger partial charge in [-0.25, -0.2) is 28.4 Å². The van der Waals surface area contributed by atoms with Gasteiger partial charge in [-0.2, -0.15) is 35.2 Å². The fourth-order valence-electron chi connectivity index (χ4n) is 7.90. The van der Waals surface area contributed by atoms with Gasteiger partial charge in [0.1, 0.15) is 11.1 Å². The first kappa shape index (κ1) is 40.4. The molecule has 23 heteroatoms. The molecule has 2 aliphatic heterocycles. The summed E-state index contributed by atoms with van der Waals surface area (Å²) in [6, 6.07) is 8.48. The Morgan fingerprint density at radius 2 is 1.46 bits per heavy atom. The van der Waals surface area contributed by atoms with Crippen LogP contribution in [-0.2, 0) is 39.3 Å². The molecule has 8 aromatic rings. The lowest BCUT2D eigenvalue weighted by atomic mass is 9.89. The van der Waals surface area contributed by atoms with Crippen molar-refractivity contribution in [3.8, 4) is 34.7 Å². The van der Waals surface area contributed by atoms with Crippen LogP contribution in [0.15, 0.2) is 67.1 Å². The predicted octanol–water partition coefficient (Wildman–Crippen LogP) is 5.56. The fraction of sp³-hybridized carbons (Fsp3) is 0.350. The van der Waals surface area contributed by atoms with E-state index in [-0.39, 0.29) is 31.3 Å². The molecule has 1 atom stereocenters. The zero-order valence-corrected chi connectivity index (χ0v) is 36.7. The van der Waals surface area contributed by atoms with Gasteiger partial charge in [-0.1, -0.05) is 0 Å². The molecule has 2 fully saturated rings. The fourth-order valence-corrected chi connectivity index (χ4v) is 11.2. The van der Waals surface area contributed by atoms with Crippen LogP contribution in [0.4, 0.5) is 23.3 Å². The van der Waals surface area contributed by atoms with Crippen molar-refractivity contribution in [3.05, 3.63) is 72.0 Å². The molecule has 0 amide bonds. The zero-order valence-electron chi connectivity index (χ0n) is 34.2. The Morgan fingerprint density at radius 3 is 2.10 bits per heavy atom. The van der Waals surface area contributed by atoms with E-state index in [0.29, 0.717) is 49.3 Å². The first-order valence-electron chi connectivity index (χ1n) is 20.0. The number of hydrogen-bond donors (Lipinski definition) is 2. The highest BCUT2D eigenvalue weighted by atomic mass is 32.2. The maximum atomic E-state index is 12.5. The Morgan fingerprint density at radius 1 is 0.825 bits per heavy atom.